The topological polar surface area (TPSA) is 84.7 Å². The zero-order chi connectivity index (χ0) is 17.5. The maximum absolute atomic E-state index is 12.6. The number of nitrogens with one attached hydrogen (secondary N) is 1. The van der Waals surface area contributed by atoms with Crippen molar-refractivity contribution in [2.24, 2.45) is 11.7 Å². The fourth-order valence-corrected chi connectivity index (χ4v) is 3.11. The fourth-order valence-electron chi connectivity index (χ4n) is 2.92. The minimum atomic E-state index is -0.171. The first-order chi connectivity index (χ1) is 11.5. The van der Waals surface area contributed by atoms with Gasteiger partial charge in [-0.15, -0.1) is 0 Å². The van der Waals surface area contributed by atoms with E-state index < -0.39 is 0 Å². The second-order valence-electron chi connectivity index (χ2n) is 5.89. The van der Waals surface area contributed by atoms with Crippen molar-refractivity contribution < 1.29 is 14.3 Å². The number of benzene rings is 1. The minimum absolute atomic E-state index is 0.0214. The van der Waals surface area contributed by atoms with Crippen LogP contribution in [0.2, 0.25) is 5.02 Å². The van der Waals surface area contributed by atoms with Crippen molar-refractivity contribution in [3.8, 4) is 5.75 Å². The highest BCUT2D eigenvalue weighted by Crippen LogP contribution is 2.24. The van der Waals surface area contributed by atoms with Crippen LogP contribution in [0.5, 0.6) is 5.75 Å². The second kappa shape index (κ2) is 8.89. The van der Waals surface area contributed by atoms with Crippen molar-refractivity contribution in [3.63, 3.8) is 0 Å². The number of methoxy groups -OCH3 is 1. The van der Waals surface area contributed by atoms with Gasteiger partial charge in [0.2, 0.25) is 11.8 Å². The van der Waals surface area contributed by atoms with E-state index in [1.54, 1.807) is 30.2 Å². The van der Waals surface area contributed by atoms with Crippen LogP contribution in [0.3, 0.4) is 0 Å². The Kier molecular flexibility index (Phi) is 6.87. The molecular weight excluding hydrogens is 330 g/mol. The Morgan fingerprint density at radius 3 is 2.96 bits per heavy atom. The first-order valence-electron chi connectivity index (χ1n) is 8.13. The van der Waals surface area contributed by atoms with E-state index in [1.165, 1.54) is 0 Å². The average molecular weight is 354 g/mol. The van der Waals surface area contributed by atoms with Gasteiger partial charge in [-0.2, -0.15) is 0 Å². The molecule has 1 saturated heterocycles. The number of carbonyl (C=O) groups is 2. The summed E-state index contributed by atoms with van der Waals surface area (Å²) < 4.78 is 5.29. The molecule has 2 amide bonds. The van der Waals surface area contributed by atoms with Crippen molar-refractivity contribution >= 4 is 23.4 Å². The maximum Gasteiger partial charge on any atom is 0.227 e. The van der Waals surface area contributed by atoms with Crippen molar-refractivity contribution in [2.45, 2.75) is 19.3 Å². The number of likely N-dealkylation sites (tertiary alicyclic amines) is 1. The van der Waals surface area contributed by atoms with Gasteiger partial charge in [0.25, 0.3) is 0 Å². The number of nitrogens with zero attached hydrogens (tertiary/aromatic N) is 1. The highest BCUT2D eigenvalue weighted by atomic mass is 35.5. The van der Waals surface area contributed by atoms with E-state index >= 15 is 0 Å². The maximum atomic E-state index is 12.6. The van der Waals surface area contributed by atoms with Gasteiger partial charge < -0.3 is 20.7 Å². The summed E-state index contributed by atoms with van der Waals surface area (Å²) >= 11 is 6.01. The number of hydrogen-bond donors (Lipinski definition) is 2. The first-order valence-corrected chi connectivity index (χ1v) is 8.51. The summed E-state index contributed by atoms with van der Waals surface area (Å²) in [4.78, 5) is 26.4. The predicted molar refractivity (Wildman–Crippen MR) is 93.1 cm³/mol. The van der Waals surface area contributed by atoms with Crippen LogP contribution in [0.25, 0.3) is 0 Å². The molecule has 0 bridgehead atoms. The van der Waals surface area contributed by atoms with Crippen LogP contribution in [0.15, 0.2) is 18.2 Å². The fraction of sp³-hybridized carbons (Fsp3) is 0.529. The monoisotopic (exact) mass is 353 g/mol. The molecule has 1 aromatic carbocycles. The average Bonchev–Trinajstić information content (AvgIpc) is 2.60. The number of nitrogens with two attached hydrogens (primary N) is 1. The molecule has 132 valence electrons. The van der Waals surface area contributed by atoms with Gasteiger partial charge in [0.1, 0.15) is 5.75 Å². The molecule has 7 heteroatoms. The molecule has 24 heavy (non-hydrogen) atoms. The molecule has 6 nitrogen and oxygen atoms in total. The molecule has 1 fully saturated rings. The van der Waals surface area contributed by atoms with Gasteiger partial charge in [0.15, 0.2) is 0 Å². The number of amides is 2. The summed E-state index contributed by atoms with van der Waals surface area (Å²) in [6.45, 7) is 1.99. The van der Waals surface area contributed by atoms with E-state index in [0.717, 1.165) is 18.4 Å². The molecule has 1 atom stereocenters. The molecule has 0 spiro atoms. The van der Waals surface area contributed by atoms with E-state index in [1.807, 2.05) is 0 Å². The summed E-state index contributed by atoms with van der Waals surface area (Å²) in [7, 11) is 1.57. The number of ether oxygens (including phenoxy) is 1. The Hall–Kier alpha value is -1.79. The molecule has 3 N–H and O–H groups in total. The van der Waals surface area contributed by atoms with Crippen LogP contribution in [-0.2, 0) is 16.0 Å². The molecule has 1 aliphatic heterocycles. The lowest BCUT2D eigenvalue weighted by molar-refractivity contribution is -0.135. The van der Waals surface area contributed by atoms with E-state index in [4.69, 9.17) is 22.1 Å². The minimum Gasteiger partial charge on any atom is -0.496 e. The van der Waals surface area contributed by atoms with Gasteiger partial charge in [0.05, 0.1) is 19.4 Å². The van der Waals surface area contributed by atoms with Crippen LogP contribution in [0.1, 0.15) is 18.4 Å². The number of halogens is 1. The standard InChI is InChI=1S/C17H24ClN3O3/c1-24-15-5-4-14(18)9-13(15)10-16(22)21-8-2-3-12(11-21)17(23)20-7-6-19/h4-5,9,12H,2-3,6-8,10-11,19H2,1H3,(H,20,23). The summed E-state index contributed by atoms with van der Waals surface area (Å²) in [5.41, 5.74) is 6.16. The lowest BCUT2D eigenvalue weighted by Crippen LogP contribution is -2.46. The van der Waals surface area contributed by atoms with E-state index in [2.05, 4.69) is 5.32 Å². The molecule has 0 aliphatic carbocycles. The third-order valence-electron chi connectivity index (χ3n) is 4.17. The van der Waals surface area contributed by atoms with Gasteiger partial charge in [-0.3, -0.25) is 9.59 Å². The largest absolute Gasteiger partial charge is 0.496 e. The summed E-state index contributed by atoms with van der Waals surface area (Å²) in [5.74, 6) is 0.419. The van der Waals surface area contributed by atoms with Crippen LogP contribution >= 0.6 is 11.6 Å². The Balaban J connectivity index is 1.99. The van der Waals surface area contributed by atoms with Gasteiger partial charge >= 0.3 is 0 Å². The third kappa shape index (κ3) is 4.85. The normalized spacial score (nSPS) is 17.5. The SMILES string of the molecule is COc1ccc(Cl)cc1CC(=O)N1CCCC(C(=O)NCCN)C1. The van der Waals surface area contributed by atoms with Crippen LogP contribution in [0, 0.1) is 5.92 Å². The number of rotatable bonds is 6. The van der Waals surface area contributed by atoms with Gasteiger partial charge in [0, 0.05) is 36.8 Å². The zero-order valence-corrected chi connectivity index (χ0v) is 14.6. The number of carbonyl (C=O) groups excluding carboxylic acids is 2. The molecule has 1 heterocycles. The molecule has 0 saturated carbocycles. The van der Waals surface area contributed by atoms with Crippen molar-refractivity contribution in [1.29, 1.82) is 0 Å². The van der Waals surface area contributed by atoms with Crippen LogP contribution < -0.4 is 15.8 Å². The Bertz CT molecular complexity index is 594. The molecule has 2 rings (SSSR count). The predicted octanol–water partition coefficient (Wildman–Crippen LogP) is 1.20. The second-order valence-corrected chi connectivity index (χ2v) is 6.33. The van der Waals surface area contributed by atoms with Gasteiger partial charge in [-0.05, 0) is 31.0 Å². The lowest BCUT2D eigenvalue weighted by atomic mass is 9.96. The van der Waals surface area contributed by atoms with Crippen molar-refractivity contribution in [1.82, 2.24) is 10.2 Å². The quantitative estimate of drug-likeness (QED) is 0.805. The molecule has 0 radical (unpaired) electrons. The molecule has 1 aromatic rings. The molecular formula is C17H24ClN3O3. The van der Waals surface area contributed by atoms with Crippen LogP contribution in [0.4, 0.5) is 0 Å². The molecule has 1 unspecified atom stereocenters. The van der Waals surface area contributed by atoms with E-state index in [9.17, 15) is 9.59 Å². The first kappa shape index (κ1) is 18.5. The Morgan fingerprint density at radius 2 is 2.25 bits per heavy atom. The lowest BCUT2D eigenvalue weighted by Gasteiger charge is -2.32. The molecule has 0 aromatic heterocycles. The summed E-state index contributed by atoms with van der Waals surface area (Å²) in [6, 6.07) is 5.23. The number of piperidine rings is 1. The highest BCUT2D eigenvalue weighted by Gasteiger charge is 2.28. The Labute approximate surface area is 147 Å². The van der Waals surface area contributed by atoms with Crippen molar-refractivity contribution in [2.75, 3.05) is 33.3 Å². The Morgan fingerprint density at radius 1 is 1.46 bits per heavy atom. The van der Waals surface area contributed by atoms with E-state index in [0.29, 0.717) is 37.0 Å². The van der Waals surface area contributed by atoms with Gasteiger partial charge in [-0.1, -0.05) is 11.6 Å². The smallest absolute Gasteiger partial charge is 0.227 e. The van der Waals surface area contributed by atoms with Crippen LogP contribution in [-0.4, -0.2) is 50.0 Å². The summed E-state index contributed by atoms with van der Waals surface area (Å²) in [5, 5.41) is 3.36. The number of hydrogen-bond acceptors (Lipinski definition) is 4. The zero-order valence-electron chi connectivity index (χ0n) is 13.9. The molecule has 1 aliphatic rings. The highest BCUT2D eigenvalue weighted by molar-refractivity contribution is 6.30. The van der Waals surface area contributed by atoms with Gasteiger partial charge in [-0.25, -0.2) is 0 Å². The third-order valence-corrected chi connectivity index (χ3v) is 4.41. The van der Waals surface area contributed by atoms with Crippen molar-refractivity contribution in [3.05, 3.63) is 28.8 Å². The van der Waals surface area contributed by atoms with E-state index in [-0.39, 0.29) is 24.2 Å². The summed E-state index contributed by atoms with van der Waals surface area (Å²) in [6.07, 6.45) is 1.82.